The van der Waals surface area contributed by atoms with Crippen molar-refractivity contribution in [1.29, 1.82) is 0 Å². The van der Waals surface area contributed by atoms with E-state index in [1.807, 2.05) is 12.1 Å². The number of para-hydroxylation sites is 1. The molecule has 0 aliphatic carbocycles. The smallest absolute Gasteiger partial charge is 0.351 e. The number of benzene rings is 2. The third kappa shape index (κ3) is 4.58. The summed E-state index contributed by atoms with van der Waals surface area (Å²) in [4.78, 5) is 12.5. The number of anilines is 1. The first-order valence-electron chi connectivity index (χ1n) is 10.2. The molecule has 33 heavy (non-hydrogen) atoms. The molecule has 1 N–H and O–H groups in total. The van der Waals surface area contributed by atoms with Crippen LogP contribution in [-0.4, -0.2) is 42.9 Å². The van der Waals surface area contributed by atoms with E-state index in [4.69, 9.17) is 0 Å². The van der Waals surface area contributed by atoms with Crippen molar-refractivity contribution in [2.45, 2.75) is 19.5 Å². The molecular weight excluding hydrogens is 457 g/mol. The van der Waals surface area contributed by atoms with E-state index in [0.717, 1.165) is 17.3 Å². The summed E-state index contributed by atoms with van der Waals surface area (Å²) in [5.74, 6) is -1.49. The number of rotatable bonds is 6. The van der Waals surface area contributed by atoms with Gasteiger partial charge >= 0.3 is 6.18 Å². The number of alkyl halides is 3. The summed E-state index contributed by atoms with van der Waals surface area (Å²) in [6.45, 7) is 1.75. The number of aryl methyl sites for hydroxylation is 1. The van der Waals surface area contributed by atoms with Crippen molar-refractivity contribution in [3.8, 4) is 5.69 Å². The van der Waals surface area contributed by atoms with Gasteiger partial charge in [-0.25, -0.2) is 13.1 Å². The van der Waals surface area contributed by atoms with Crippen molar-refractivity contribution < 1.29 is 26.4 Å². The minimum absolute atomic E-state index is 0.155. The Morgan fingerprint density at radius 2 is 1.82 bits per heavy atom. The molecule has 2 heterocycles. The Balaban J connectivity index is 1.50. The fourth-order valence-corrected chi connectivity index (χ4v) is 5.19. The van der Waals surface area contributed by atoms with Crippen molar-refractivity contribution in [1.82, 2.24) is 15.1 Å². The van der Waals surface area contributed by atoms with E-state index in [-0.39, 0.29) is 18.8 Å². The number of amides is 1. The summed E-state index contributed by atoms with van der Waals surface area (Å²) in [6, 6.07) is 13.3. The summed E-state index contributed by atoms with van der Waals surface area (Å²) in [6.07, 6.45) is -3.43. The third-order valence-corrected chi connectivity index (χ3v) is 7.16. The Morgan fingerprint density at radius 3 is 2.52 bits per heavy atom. The molecule has 2 aromatic carbocycles. The second-order valence-corrected chi connectivity index (χ2v) is 9.69. The highest BCUT2D eigenvalue weighted by Crippen LogP contribution is 2.34. The number of fused-ring (bicyclic) bond motifs is 1. The minimum Gasteiger partial charge on any atom is -0.351 e. The normalized spacial score (nSPS) is 13.8. The number of hydrogen-bond acceptors (Lipinski definition) is 4. The lowest BCUT2D eigenvalue weighted by molar-refractivity contribution is -0.143. The largest absolute Gasteiger partial charge is 0.434 e. The highest BCUT2D eigenvalue weighted by atomic mass is 32.2. The molecule has 0 unspecified atom stereocenters. The number of carbonyl (C=O) groups excluding carboxylic acids is 1. The van der Waals surface area contributed by atoms with E-state index in [2.05, 4.69) is 10.4 Å². The molecule has 0 bridgehead atoms. The standard InChI is InChI=1S/C22H21F3N4O3S/c1-15-6-8-17(9-7-15)29-20(22(23,24)25)18(14-27-29)21(30)26-11-13-33(31,32)28-12-10-16-4-2-3-5-19(16)28/h2-9,14H,10-13H2,1H3,(H,26,30). The van der Waals surface area contributed by atoms with E-state index in [1.54, 1.807) is 31.2 Å². The number of carbonyl (C=O) groups is 1. The average Bonchev–Trinajstić information content (AvgIpc) is 3.39. The topological polar surface area (TPSA) is 84.3 Å². The second kappa shape index (κ2) is 8.54. The Labute approximate surface area is 188 Å². The van der Waals surface area contributed by atoms with Crippen LogP contribution in [0.3, 0.4) is 0 Å². The van der Waals surface area contributed by atoms with Gasteiger partial charge in [-0.15, -0.1) is 0 Å². The van der Waals surface area contributed by atoms with Crippen LogP contribution in [0.1, 0.15) is 27.2 Å². The van der Waals surface area contributed by atoms with Crippen LogP contribution in [0.2, 0.25) is 0 Å². The van der Waals surface area contributed by atoms with Crippen molar-refractivity contribution in [3.63, 3.8) is 0 Å². The fourth-order valence-electron chi connectivity index (χ4n) is 3.76. The van der Waals surface area contributed by atoms with Crippen molar-refractivity contribution in [2.24, 2.45) is 0 Å². The number of aromatic nitrogens is 2. The maximum atomic E-state index is 13.8. The first-order chi connectivity index (χ1) is 15.6. The predicted molar refractivity (Wildman–Crippen MR) is 117 cm³/mol. The highest BCUT2D eigenvalue weighted by Gasteiger charge is 2.40. The van der Waals surface area contributed by atoms with Gasteiger partial charge in [-0.3, -0.25) is 9.10 Å². The van der Waals surface area contributed by atoms with Crippen LogP contribution < -0.4 is 9.62 Å². The Morgan fingerprint density at radius 1 is 1.12 bits per heavy atom. The molecule has 0 spiro atoms. The molecule has 1 aliphatic heterocycles. The highest BCUT2D eigenvalue weighted by molar-refractivity contribution is 7.92. The quantitative estimate of drug-likeness (QED) is 0.589. The van der Waals surface area contributed by atoms with Gasteiger partial charge in [-0.05, 0) is 37.1 Å². The van der Waals surface area contributed by atoms with Crippen LogP contribution in [-0.2, 0) is 22.6 Å². The molecular formula is C22H21F3N4O3S. The van der Waals surface area contributed by atoms with Crippen molar-refractivity contribution in [2.75, 3.05) is 23.1 Å². The predicted octanol–water partition coefficient (Wildman–Crippen LogP) is 3.32. The Bertz CT molecular complexity index is 1280. The SMILES string of the molecule is Cc1ccc(-n2ncc(C(=O)NCCS(=O)(=O)N3CCc4ccccc43)c2C(F)(F)F)cc1. The molecule has 3 aromatic rings. The van der Waals surface area contributed by atoms with Gasteiger partial charge in [-0.2, -0.15) is 18.3 Å². The van der Waals surface area contributed by atoms with E-state index in [1.165, 1.54) is 16.4 Å². The lowest BCUT2D eigenvalue weighted by atomic mass is 10.2. The summed E-state index contributed by atoms with van der Waals surface area (Å²) in [5, 5.41) is 6.05. The van der Waals surface area contributed by atoms with Crippen LogP contribution >= 0.6 is 0 Å². The van der Waals surface area contributed by atoms with E-state index < -0.39 is 39.1 Å². The van der Waals surface area contributed by atoms with Gasteiger partial charge in [0.1, 0.15) is 0 Å². The van der Waals surface area contributed by atoms with Crippen LogP contribution in [0.4, 0.5) is 18.9 Å². The molecule has 1 aliphatic rings. The molecule has 0 radical (unpaired) electrons. The number of halogens is 3. The first-order valence-corrected chi connectivity index (χ1v) is 11.8. The van der Waals surface area contributed by atoms with Crippen molar-refractivity contribution in [3.05, 3.63) is 77.1 Å². The van der Waals surface area contributed by atoms with E-state index in [9.17, 15) is 26.4 Å². The number of nitrogens with zero attached hydrogens (tertiary/aromatic N) is 3. The number of hydrogen-bond donors (Lipinski definition) is 1. The molecule has 0 saturated heterocycles. The molecule has 174 valence electrons. The van der Waals surface area contributed by atoms with Gasteiger partial charge in [0, 0.05) is 13.1 Å². The molecule has 11 heteroatoms. The molecule has 0 saturated carbocycles. The van der Waals surface area contributed by atoms with Crippen LogP contribution in [0, 0.1) is 6.92 Å². The molecule has 7 nitrogen and oxygen atoms in total. The van der Waals surface area contributed by atoms with Gasteiger partial charge in [-0.1, -0.05) is 35.9 Å². The van der Waals surface area contributed by atoms with E-state index >= 15 is 0 Å². The minimum atomic E-state index is -4.85. The lowest BCUT2D eigenvalue weighted by Gasteiger charge is -2.19. The zero-order valence-electron chi connectivity index (χ0n) is 17.6. The monoisotopic (exact) mass is 478 g/mol. The van der Waals surface area contributed by atoms with Crippen LogP contribution in [0.25, 0.3) is 5.69 Å². The molecule has 0 atom stereocenters. The molecule has 1 amide bonds. The van der Waals surface area contributed by atoms with Gasteiger partial charge in [0.15, 0.2) is 5.69 Å². The fraction of sp³-hybridized carbons (Fsp3) is 0.273. The van der Waals surface area contributed by atoms with Gasteiger partial charge in [0.25, 0.3) is 5.91 Å². The Kier molecular flexibility index (Phi) is 5.91. The maximum absolute atomic E-state index is 13.8. The maximum Gasteiger partial charge on any atom is 0.434 e. The third-order valence-electron chi connectivity index (χ3n) is 5.39. The molecule has 1 aromatic heterocycles. The lowest BCUT2D eigenvalue weighted by Crippen LogP contribution is -2.37. The second-order valence-electron chi connectivity index (χ2n) is 7.67. The number of sulfonamides is 1. The van der Waals surface area contributed by atoms with Gasteiger partial charge < -0.3 is 5.32 Å². The summed E-state index contributed by atoms with van der Waals surface area (Å²) in [5.41, 5.74) is 0.611. The molecule has 0 fully saturated rings. The summed E-state index contributed by atoms with van der Waals surface area (Å²) in [7, 11) is -3.76. The van der Waals surface area contributed by atoms with Crippen molar-refractivity contribution >= 4 is 21.6 Å². The van der Waals surface area contributed by atoms with Gasteiger partial charge in [0.05, 0.1) is 28.9 Å². The van der Waals surface area contributed by atoms with Crippen LogP contribution in [0.5, 0.6) is 0 Å². The van der Waals surface area contributed by atoms with E-state index in [0.29, 0.717) is 16.8 Å². The summed E-state index contributed by atoms with van der Waals surface area (Å²) < 4.78 is 68.7. The zero-order valence-corrected chi connectivity index (χ0v) is 18.4. The van der Waals surface area contributed by atoms with Gasteiger partial charge in [0.2, 0.25) is 10.0 Å². The summed E-state index contributed by atoms with van der Waals surface area (Å²) >= 11 is 0. The average molecular weight is 478 g/mol. The zero-order chi connectivity index (χ0) is 23.8. The first kappa shape index (κ1) is 22.8. The number of nitrogens with one attached hydrogen (secondary N) is 1. The molecule has 4 rings (SSSR count). The Hall–Kier alpha value is -3.34. The van der Waals surface area contributed by atoms with Crippen LogP contribution in [0.15, 0.2) is 54.7 Å².